The van der Waals surface area contributed by atoms with E-state index in [1.807, 2.05) is 0 Å². The summed E-state index contributed by atoms with van der Waals surface area (Å²) in [6, 6.07) is 22.3. The summed E-state index contributed by atoms with van der Waals surface area (Å²) in [7, 11) is -0.697. The van der Waals surface area contributed by atoms with Gasteiger partial charge in [-0.1, -0.05) is 160 Å². The molecule has 4 rings (SSSR count). The van der Waals surface area contributed by atoms with Crippen LogP contribution in [0.15, 0.2) is 109 Å². The molecule has 0 nitrogen and oxygen atoms in total. The van der Waals surface area contributed by atoms with Crippen molar-refractivity contribution >= 4 is 26.5 Å². The molecule has 2 aromatic carbocycles. The molecule has 0 fully saturated rings. The Bertz CT molecular complexity index is 957. The molecule has 188 valence electrons. The van der Waals surface area contributed by atoms with E-state index in [1.165, 1.54) is 10.6 Å². The summed E-state index contributed by atoms with van der Waals surface area (Å²) in [6.45, 7) is 17.2. The Morgan fingerprint density at radius 1 is 0.714 bits per heavy atom. The van der Waals surface area contributed by atoms with E-state index in [-0.39, 0.29) is 25.0 Å². The molecule has 2 aliphatic carbocycles. The van der Waals surface area contributed by atoms with Crippen molar-refractivity contribution in [3.05, 3.63) is 109 Å². The minimum absolute atomic E-state index is 0. The number of allylic oxidation sites excluding steroid dienone is 8. The predicted molar refractivity (Wildman–Crippen MR) is 159 cm³/mol. The molecular weight excluding hydrogens is 502 g/mol. The van der Waals surface area contributed by atoms with E-state index in [9.17, 15) is 0 Å². The molecule has 2 aliphatic rings. The van der Waals surface area contributed by atoms with Crippen LogP contribution < -0.4 is 10.6 Å². The zero-order chi connectivity index (χ0) is 24.8. The summed E-state index contributed by atoms with van der Waals surface area (Å²) in [4.78, 5) is 0. The van der Waals surface area contributed by atoms with Crippen molar-refractivity contribution in [3.63, 3.8) is 0 Å². The first kappa shape index (κ1) is 30.0. The molecule has 0 spiro atoms. The van der Waals surface area contributed by atoms with Gasteiger partial charge >= 0.3 is 0 Å². The van der Waals surface area contributed by atoms with Crippen molar-refractivity contribution in [2.45, 2.75) is 70.9 Å². The van der Waals surface area contributed by atoms with Crippen LogP contribution in [0.25, 0.3) is 0 Å². The van der Waals surface area contributed by atoms with Crippen LogP contribution in [-0.4, -0.2) is 16.0 Å². The third-order valence-electron chi connectivity index (χ3n) is 6.24. The van der Waals surface area contributed by atoms with Crippen molar-refractivity contribution in [1.82, 2.24) is 0 Å². The SMILES string of the molecule is C1=CCC=C1.C[C@H](C1C=CC=C1P(c1ccccc1)c1ccccc1)P(C(C)(C)C)C(C)(C)C.[Fe]. The summed E-state index contributed by atoms with van der Waals surface area (Å²) >= 11 is 0. The molecule has 0 bridgehead atoms. The molecule has 2 aromatic rings. The van der Waals surface area contributed by atoms with Crippen LogP contribution in [0, 0.1) is 5.92 Å². The molecule has 0 amide bonds. The molecule has 35 heavy (non-hydrogen) atoms. The Balaban J connectivity index is 0.000000640. The summed E-state index contributed by atoms with van der Waals surface area (Å²) in [5, 5.41) is 5.19. The second-order valence-electron chi connectivity index (χ2n) is 11.1. The topological polar surface area (TPSA) is 0 Å². The number of rotatable bonds is 5. The van der Waals surface area contributed by atoms with Gasteiger partial charge in [-0.25, -0.2) is 0 Å². The monoisotopic (exact) mass is 544 g/mol. The third kappa shape index (κ3) is 8.14. The summed E-state index contributed by atoms with van der Waals surface area (Å²) in [5.74, 6) is 0.520. The third-order valence-corrected chi connectivity index (χ3v) is 12.9. The minimum Gasteiger partial charge on any atom is -0.0918 e. The molecule has 0 saturated heterocycles. The largest absolute Gasteiger partial charge is 0.0918 e. The Hall–Kier alpha value is -1.22. The van der Waals surface area contributed by atoms with Crippen LogP contribution in [0.4, 0.5) is 0 Å². The van der Waals surface area contributed by atoms with Gasteiger partial charge < -0.3 is 0 Å². The maximum absolute atomic E-state index is 2.51. The van der Waals surface area contributed by atoms with Crippen molar-refractivity contribution in [3.8, 4) is 0 Å². The molecule has 0 N–H and O–H groups in total. The van der Waals surface area contributed by atoms with Gasteiger partial charge in [0.1, 0.15) is 0 Å². The first-order valence-electron chi connectivity index (χ1n) is 12.5. The van der Waals surface area contributed by atoms with Gasteiger partial charge in [0.05, 0.1) is 0 Å². The van der Waals surface area contributed by atoms with E-state index in [0.717, 1.165) is 6.42 Å². The minimum atomic E-state index is -0.511. The fourth-order valence-electron chi connectivity index (χ4n) is 5.50. The van der Waals surface area contributed by atoms with Gasteiger partial charge in [-0.15, -0.1) is 0 Å². The van der Waals surface area contributed by atoms with Gasteiger partial charge in [-0.3, -0.25) is 0 Å². The van der Waals surface area contributed by atoms with Gasteiger partial charge in [0, 0.05) is 23.0 Å². The zero-order valence-corrected chi connectivity index (χ0v) is 25.3. The van der Waals surface area contributed by atoms with Crippen LogP contribution >= 0.6 is 15.8 Å². The zero-order valence-electron chi connectivity index (χ0n) is 22.4. The van der Waals surface area contributed by atoms with Gasteiger partial charge in [0.15, 0.2) is 0 Å². The Morgan fingerprint density at radius 3 is 1.54 bits per heavy atom. The first-order valence-corrected chi connectivity index (χ1v) is 15.3. The Morgan fingerprint density at radius 2 is 1.17 bits per heavy atom. The van der Waals surface area contributed by atoms with Crippen LogP contribution in [-0.2, 0) is 17.1 Å². The van der Waals surface area contributed by atoms with Gasteiger partial charge in [-0.2, -0.15) is 0 Å². The second kappa shape index (κ2) is 13.4. The molecule has 0 saturated carbocycles. The Labute approximate surface area is 228 Å². The molecule has 3 heteroatoms. The predicted octanol–water partition coefficient (Wildman–Crippen LogP) is 9.16. The fraction of sp³-hybridized carbons (Fsp3) is 0.375. The number of hydrogen-bond acceptors (Lipinski definition) is 0. The molecular formula is C32H42FeP2. The molecule has 0 heterocycles. The molecule has 2 atom stereocenters. The summed E-state index contributed by atoms with van der Waals surface area (Å²) in [5.41, 5.74) is 0.646. The molecule has 0 aromatic heterocycles. The second-order valence-corrected chi connectivity index (χ2v) is 17.5. The van der Waals surface area contributed by atoms with E-state index in [0.29, 0.717) is 21.9 Å². The quantitative estimate of drug-likeness (QED) is 0.260. The van der Waals surface area contributed by atoms with Crippen LogP contribution in [0.1, 0.15) is 54.9 Å². The van der Waals surface area contributed by atoms with Crippen LogP contribution in [0.5, 0.6) is 0 Å². The van der Waals surface area contributed by atoms with E-state index in [1.54, 1.807) is 5.31 Å². The average Bonchev–Trinajstić information content (AvgIpc) is 3.49. The van der Waals surface area contributed by atoms with E-state index >= 15 is 0 Å². The van der Waals surface area contributed by atoms with Crippen molar-refractivity contribution in [2.24, 2.45) is 5.92 Å². The van der Waals surface area contributed by atoms with Crippen LogP contribution in [0.2, 0.25) is 0 Å². The van der Waals surface area contributed by atoms with E-state index in [2.05, 4.69) is 152 Å². The van der Waals surface area contributed by atoms with E-state index in [4.69, 9.17) is 0 Å². The maximum Gasteiger partial charge on any atom is 0.00971 e. The first-order chi connectivity index (χ1) is 16.1. The standard InChI is InChI=1S/C27H36P2.C5H6.Fe/c1-21(29(26(2,3)4)27(5,6)7)24-19-14-20-25(24)28(22-15-10-8-11-16-22)23-17-12-9-13-18-23;1-2-4-5-3-1;/h8-21,24H,1-7H3;1-4H,5H2;/t21-,24?;;/m1../s1. The van der Waals surface area contributed by atoms with Gasteiger partial charge in [-0.05, 0) is 46.2 Å². The fourth-order valence-corrected chi connectivity index (χ4v) is 13.3. The molecule has 0 aliphatic heterocycles. The van der Waals surface area contributed by atoms with Crippen LogP contribution in [0.3, 0.4) is 0 Å². The van der Waals surface area contributed by atoms with Crippen molar-refractivity contribution in [2.75, 3.05) is 0 Å². The normalized spacial score (nSPS) is 17.7. The number of hydrogen-bond donors (Lipinski definition) is 0. The maximum atomic E-state index is 2.51. The smallest absolute Gasteiger partial charge is 0.00971 e. The van der Waals surface area contributed by atoms with Gasteiger partial charge in [0.2, 0.25) is 0 Å². The van der Waals surface area contributed by atoms with Crippen molar-refractivity contribution < 1.29 is 17.1 Å². The summed E-state index contributed by atoms with van der Waals surface area (Å²) < 4.78 is 0. The van der Waals surface area contributed by atoms with E-state index < -0.39 is 7.92 Å². The van der Waals surface area contributed by atoms with Gasteiger partial charge in [0.25, 0.3) is 0 Å². The van der Waals surface area contributed by atoms with Crippen molar-refractivity contribution in [1.29, 1.82) is 0 Å². The molecule has 1 unspecified atom stereocenters. The number of benzene rings is 2. The average molecular weight is 544 g/mol. The molecule has 0 radical (unpaired) electrons. The Kier molecular flexibility index (Phi) is 11.5. The summed E-state index contributed by atoms with van der Waals surface area (Å²) in [6.07, 6.45) is 16.7.